The first-order chi connectivity index (χ1) is 8.36. The van der Waals surface area contributed by atoms with Crippen LogP contribution in [-0.4, -0.2) is 11.0 Å². The zero-order valence-electron chi connectivity index (χ0n) is 9.30. The molecule has 0 amide bonds. The predicted octanol–water partition coefficient (Wildman–Crippen LogP) is 3.64. The minimum atomic E-state index is 0.404. The van der Waals surface area contributed by atoms with Crippen molar-refractivity contribution >= 4 is 29.0 Å². The Hall–Kier alpha value is -1.00. The highest BCUT2D eigenvalue weighted by Gasteiger charge is 2.32. The van der Waals surface area contributed by atoms with Crippen molar-refractivity contribution in [2.45, 2.75) is 31.3 Å². The van der Waals surface area contributed by atoms with Crippen molar-refractivity contribution in [2.24, 2.45) is 0 Å². The van der Waals surface area contributed by atoms with Crippen LogP contribution in [0.4, 0.5) is 6.01 Å². The number of alkyl halides is 1. The van der Waals surface area contributed by atoms with Crippen molar-refractivity contribution in [3.05, 3.63) is 34.3 Å². The second kappa shape index (κ2) is 4.70. The third kappa shape index (κ3) is 2.48. The van der Waals surface area contributed by atoms with Crippen molar-refractivity contribution in [1.82, 2.24) is 4.98 Å². The van der Waals surface area contributed by atoms with Gasteiger partial charge in [-0.1, -0.05) is 6.07 Å². The van der Waals surface area contributed by atoms with Crippen molar-refractivity contribution in [3.8, 4) is 0 Å². The number of hydrogen-bond acceptors (Lipinski definition) is 4. The summed E-state index contributed by atoms with van der Waals surface area (Å²) in [5.74, 6) is 0.404. The summed E-state index contributed by atoms with van der Waals surface area (Å²) in [4.78, 5) is 7.98. The van der Waals surface area contributed by atoms with Crippen molar-refractivity contribution < 1.29 is 4.42 Å². The van der Waals surface area contributed by atoms with Crippen LogP contribution < -0.4 is 4.90 Å². The van der Waals surface area contributed by atoms with Crippen LogP contribution in [0.2, 0.25) is 0 Å². The maximum absolute atomic E-state index is 5.74. The fourth-order valence-corrected chi connectivity index (χ4v) is 2.62. The van der Waals surface area contributed by atoms with Gasteiger partial charge in [-0.3, -0.25) is 0 Å². The minimum Gasteiger partial charge on any atom is -0.432 e. The van der Waals surface area contributed by atoms with Gasteiger partial charge >= 0.3 is 0 Å². The van der Waals surface area contributed by atoms with Gasteiger partial charge in [-0.2, -0.15) is 4.98 Å². The summed E-state index contributed by atoms with van der Waals surface area (Å²) in [5, 5.41) is 2.10. The summed E-state index contributed by atoms with van der Waals surface area (Å²) < 4.78 is 5.50. The number of nitrogens with zero attached hydrogens (tertiary/aromatic N) is 2. The third-order valence-electron chi connectivity index (χ3n) is 2.82. The molecule has 0 unspecified atom stereocenters. The molecule has 0 spiro atoms. The highest BCUT2D eigenvalue weighted by molar-refractivity contribution is 7.09. The molecule has 1 aliphatic rings. The van der Waals surface area contributed by atoms with Crippen molar-refractivity contribution in [2.75, 3.05) is 4.90 Å². The smallest absolute Gasteiger partial charge is 0.298 e. The second-order valence-electron chi connectivity index (χ2n) is 4.19. The first-order valence-corrected chi connectivity index (χ1v) is 7.07. The maximum Gasteiger partial charge on any atom is 0.298 e. The quantitative estimate of drug-likeness (QED) is 0.776. The number of oxazole rings is 1. The highest BCUT2D eigenvalue weighted by atomic mass is 35.5. The number of aromatic nitrogens is 1. The fraction of sp³-hybridized carbons (Fsp3) is 0.417. The van der Waals surface area contributed by atoms with Crippen LogP contribution >= 0.6 is 22.9 Å². The zero-order chi connectivity index (χ0) is 11.7. The van der Waals surface area contributed by atoms with Gasteiger partial charge in [-0.15, -0.1) is 22.9 Å². The van der Waals surface area contributed by atoms with Crippen LogP contribution in [-0.2, 0) is 12.4 Å². The molecule has 0 N–H and O–H groups in total. The lowest BCUT2D eigenvalue weighted by atomic mass is 10.4. The molecule has 90 valence electrons. The molecule has 2 heterocycles. The number of hydrogen-bond donors (Lipinski definition) is 0. The Balaban J connectivity index is 1.79. The molecular formula is C12H13ClN2OS. The van der Waals surface area contributed by atoms with Crippen LogP contribution in [0.1, 0.15) is 23.4 Å². The van der Waals surface area contributed by atoms with E-state index in [1.165, 1.54) is 17.7 Å². The van der Waals surface area contributed by atoms with E-state index < -0.39 is 0 Å². The van der Waals surface area contributed by atoms with E-state index in [-0.39, 0.29) is 0 Å². The Morgan fingerprint density at radius 2 is 2.41 bits per heavy atom. The Kier molecular flexibility index (Phi) is 3.07. The summed E-state index contributed by atoms with van der Waals surface area (Å²) in [6.45, 7) is 0.880. The monoisotopic (exact) mass is 268 g/mol. The topological polar surface area (TPSA) is 29.3 Å². The molecule has 3 nitrogen and oxygen atoms in total. The average molecular weight is 269 g/mol. The van der Waals surface area contributed by atoms with Gasteiger partial charge in [-0.25, -0.2) is 0 Å². The van der Waals surface area contributed by atoms with Gasteiger partial charge < -0.3 is 9.32 Å². The molecule has 1 fully saturated rings. The average Bonchev–Trinajstić information content (AvgIpc) is 2.88. The summed E-state index contributed by atoms with van der Waals surface area (Å²) in [7, 11) is 0. The summed E-state index contributed by atoms with van der Waals surface area (Å²) >= 11 is 7.51. The summed E-state index contributed by atoms with van der Waals surface area (Å²) in [6.07, 6.45) is 4.10. The largest absolute Gasteiger partial charge is 0.432 e. The molecule has 0 aromatic carbocycles. The van der Waals surface area contributed by atoms with Crippen molar-refractivity contribution in [3.63, 3.8) is 0 Å². The van der Waals surface area contributed by atoms with Crippen LogP contribution in [0, 0.1) is 0 Å². The Bertz CT molecular complexity index is 478. The molecule has 0 aliphatic heterocycles. The fourth-order valence-electron chi connectivity index (χ4n) is 1.80. The lowest BCUT2D eigenvalue weighted by molar-refractivity contribution is 0.529. The number of halogens is 1. The number of thiophene rings is 1. The molecule has 0 saturated heterocycles. The molecule has 0 bridgehead atoms. The van der Waals surface area contributed by atoms with Gasteiger partial charge in [0.25, 0.3) is 6.01 Å². The van der Waals surface area contributed by atoms with E-state index in [1.54, 1.807) is 17.6 Å². The van der Waals surface area contributed by atoms with E-state index in [0.29, 0.717) is 17.9 Å². The molecule has 0 radical (unpaired) electrons. The Morgan fingerprint density at radius 1 is 1.53 bits per heavy atom. The molecule has 1 saturated carbocycles. The molecule has 5 heteroatoms. The van der Waals surface area contributed by atoms with Gasteiger partial charge in [0.1, 0.15) is 6.26 Å². The summed E-state index contributed by atoms with van der Waals surface area (Å²) in [6, 6.07) is 5.51. The van der Waals surface area contributed by atoms with E-state index >= 15 is 0 Å². The van der Waals surface area contributed by atoms with Gasteiger partial charge in [-0.05, 0) is 24.3 Å². The zero-order valence-corrected chi connectivity index (χ0v) is 10.9. The minimum absolute atomic E-state index is 0.404. The lowest BCUT2D eigenvalue weighted by Gasteiger charge is -2.18. The standard InChI is InChI=1S/C12H13ClN2OS/c13-6-9-8-16-12(14-9)15(10-3-4-10)7-11-2-1-5-17-11/h1-2,5,8,10H,3-4,6-7H2. The van der Waals surface area contributed by atoms with E-state index in [4.69, 9.17) is 16.0 Å². The summed E-state index contributed by atoms with van der Waals surface area (Å²) in [5.41, 5.74) is 0.804. The lowest BCUT2D eigenvalue weighted by Crippen LogP contribution is -2.24. The molecule has 3 rings (SSSR count). The normalized spacial score (nSPS) is 15.1. The number of anilines is 1. The third-order valence-corrected chi connectivity index (χ3v) is 3.95. The highest BCUT2D eigenvalue weighted by Crippen LogP contribution is 2.33. The second-order valence-corrected chi connectivity index (χ2v) is 5.49. The van der Waals surface area contributed by atoms with Crippen LogP contribution in [0.25, 0.3) is 0 Å². The molecule has 1 aliphatic carbocycles. The van der Waals surface area contributed by atoms with Crippen molar-refractivity contribution in [1.29, 1.82) is 0 Å². The number of rotatable bonds is 5. The molecule has 17 heavy (non-hydrogen) atoms. The Labute approximate surface area is 109 Å². The van der Waals surface area contributed by atoms with Crippen LogP contribution in [0.3, 0.4) is 0 Å². The van der Waals surface area contributed by atoms with Gasteiger partial charge in [0.05, 0.1) is 18.1 Å². The van der Waals surface area contributed by atoms with Crippen LogP contribution in [0.5, 0.6) is 0 Å². The Morgan fingerprint density at radius 3 is 3.00 bits per heavy atom. The molecular weight excluding hydrogens is 256 g/mol. The van der Waals surface area contributed by atoms with Gasteiger partial charge in [0, 0.05) is 10.9 Å². The van der Waals surface area contributed by atoms with E-state index in [9.17, 15) is 0 Å². The van der Waals surface area contributed by atoms with E-state index in [2.05, 4.69) is 27.4 Å². The molecule has 0 atom stereocenters. The van der Waals surface area contributed by atoms with Gasteiger partial charge in [0.15, 0.2) is 0 Å². The maximum atomic E-state index is 5.74. The molecule has 2 aromatic rings. The van der Waals surface area contributed by atoms with E-state index in [0.717, 1.165) is 12.2 Å². The van der Waals surface area contributed by atoms with Gasteiger partial charge in [0.2, 0.25) is 0 Å². The predicted molar refractivity (Wildman–Crippen MR) is 69.6 cm³/mol. The van der Waals surface area contributed by atoms with E-state index in [1.807, 2.05) is 0 Å². The first-order valence-electron chi connectivity index (χ1n) is 5.66. The van der Waals surface area contributed by atoms with Crippen LogP contribution in [0.15, 0.2) is 28.2 Å². The SMILES string of the molecule is ClCc1coc(N(Cc2cccs2)C2CC2)n1. The molecule has 2 aromatic heterocycles. The first kappa shape index (κ1) is 11.1.